The number of benzene rings is 3. The van der Waals surface area contributed by atoms with Crippen LogP contribution in [0.15, 0.2) is 66.7 Å². The molecule has 0 bridgehead atoms. The molecule has 1 fully saturated rings. The number of fused-ring (bicyclic) bond motifs is 1. The van der Waals surface area contributed by atoms with Crippen molar-refractivity contribution in [3.05, 3.63) is 83.4 Å². The molecule has 190 valence electrons. The summed E-state index contributed by atoms with van der Waals surface area (Å²) in [5.41, 5.74) is 7.38. The lowest BCUT2D eigenvalue weighted by molar-refractivity contribution is -0.120. The van der Waals surface area contributed by atoms with Crippen LogP contribution in [-0.4, -0.2) is 34.5 Å². The first-order valence-electron chi connectivity index (χ1n) is 12.8. The van der Waals surface area contributed by atoms with Crippen LogP contribution in [0.5, 0.6) is 0 Å². The molecule has 1 aromatic heterocycles. The summed E-state index contributed by atoms with van der Waals surface area (Å²) < 4.78 is 2.31. The smallest absolute Gasteiger partial charge is 0.227 e. The Balaban J connectivity index is 1.29. The maximum atomic E-state index is 13.0. The summed E-state index contributed by atoms with van der Waals surface area (Å²) in [5.74, 6) is 0.833. The van der Waals surface area contributed by atoms with E-state index in [1.807, 2.05) is 18.2 Å². The van der Waals surface area contributed by atoms with Crippen molar-refractivity contribution in [1.82, 2.24) is 9.55 Å². The molecule has 0 spiro atoms. The summed E-state index contributed by atoms with van der Waals surface area (Å²) in [6.07, 6.45) is 1.53. The van der Waals surface area contributed by atoms with Gasteiger partial charge in [0.2, 0.25) is 17.8 Å². The highest BCUT2D eigenvalue weighted by atomic mass is 16.2. The zero-order valence-electron chi connectivity index (χ0n) is 21.6. The predicted octanol–water partition coefficient (Wildman–Crippen LogP) is 5.51. The van der Waals surface area contributed by atoms with Gasteiger partial charge in [-0.05, 0) is 74.2 Å². The first-order valence-corrected chi connectivity index (χ1v) is 12.8. The van der Waals surface area contributed by atoms with Gasteiger partial charge in [-0.1, -0.05) is 35.9 Å². The van der Waals surface area contributed by atoms with Crippen LogP contribution in [-0.2, 0) is 16.1 Å². The van der Waals surface area contributed by atoms with Gasteiger partial charge in [-0.2, -0.15) is 0 Å². The average Bonchev–Trinajstić information content (AvgIpc) is 3.25. The fourth-order valence-corrected chi connectivity index (χ4v) is 5.03. The highest BCUT2D eigenvalue weighted by Crippen LogP contribution is 2.29. The number of nitrogens with one attached hydrogen (secondary N) is 2. The molecule has 0 aliphatic carbocycles. The van der Waals surface area contributed by atoms with Gasteiger partial charge < -0.3 is 20.1 Å². The Kier molecular flexibility index (Phi) is 6.95. The number of amides is 2. The first kappa shape index (κ1) is 24.6. The molecular weight excluding hydrogens is 462 g/mol. The number of piperidine rings is 1. The number of rotatable bonds is 6. The lowest BCUT2D eigenvalue weighted by Crippen LogP contribution is -2.39. The first-order chi connectivity index (χ1) is 17.9. The maximum absolute atomic E-state index is 13.0. The second kappa shape index (κ2) is 10.5. The lowest BCUT2D eigenvalue weighted by atomic mass is 9.96. The molecule has 2 amide bonds. The number of aryl methyl sites for hydroxylation is 2. The van der Waals surface area contributed by atoms with Gasteiger partial charge in [-0.15, -0.1) is 0 Å². The average molecular weight is 496 g/mol. The summed E-state index contributed by atoms with van der Waals surface area (Å²) >= 11 is 0. The van der Waals surface area contributed by atoms with Crippen molar-refractivity contribution in [2.45, 2.75) is 40.2 Å². The standard InChI is InChI=1S/C30H33N5O2/c1-20-8-9-21(2)24(18-20)19-35-28-7-5-4-6-27(28)33-30(35)34-16-14-23(15-17-34)29(37)32-26-12-10-25(11-13-26)31-22(3)36/h4-13,18,23H,14-17,19H2,1-3H3,(H,31,36)(H,32,37). The molecular formula is C30H33N5O2. The Morgan fingerprint density at radius 3 is 2.30 bits per heavy atom. The van der Waals surface area contributed by atoms with Crippen LogP contribution >= 0.6 is 0 Å². The summed E-state index contributed by atoms with van der Waals surface area (Å²) in [5, 5.41) is 5.77. The van der Waals surface area contributed by atoms with Crippen LogP contribution in [0.1, 0.15) is 36.5 Å². The van der Waals surface area contributed by atoms with Crippen molar-refractivity contribution in [3.8, 4) is 0 Å². The number of nitrogens with zero attached hydrogens (tertiary/aromatic N) is 3. The van der Waals surface area contributed by atoms with E-state index >= 15 is 0 Å². The van der Waals surface area contributed by atoms with Crippen LogP contribution in [0, 0.1) is 19.8 Å². The van der Waals surface area contributed by atoms with Crippen molar-refractivity contribution in [1.29, 1.82) is 0 Å². The molecule has 4 aromatic rings. The molecule has 1 aliphatic heterocycles. The van der Waals surface area contributed by atoms with Crippen molar-refractivity contribution in [2.75, 3.05) is 28.6 Å². The van der Waals surface area contributed by atoms with E-state index in [0.717, 1.165) is 55.1 Å². The third-order valence-corrected chi connectivity index (χ3v) is 7.09. The second-order valence-electron chi connectivity index (χ2n) is 9.93. The number of carbonyl (C=O) groups is 2. The highest BCUT2D eigenvalue weighted by molar-refractivity contribution is 5.93. The van der Waals surface area contributed by atoms with Gasteiger partial charge in [0.05, 0.1) is 17.6 Å². The number of carbonyl (C=O) groups excluding carboxylic acids is 2. The van der Waals surface area contributed by atoms with E-state index in [0.29, 0.717) is 5.69 Å². The van der Waals surface area contributed by atoms with Gasteiger partial charge in [0.25, 0.3) is 0 Å². The number of hydrogen-bond acceptors (Lipinski definition) is 4. The normalized spacial score (nSPS) is 14.1. The van der Waals surface area contributed by atoms with Crippen molar-refractivity contribution >= 4 is 40.2 Å². The topological polar surface area (TPSA) is 79.3 Å². The molecule has 0 radical (unpaired) electrons. The molecule has 7 heteroatoms. The van der Waals surface area contributed by atoms with Gasteiger partial charge in [0.1, 0.15) is 0 Å². The maximum Gasteiger partial charge on any atom is 0.227 e. The molecule has 3 aromatic carbocycles. The minimum absolute atomic E-state index is 0.0378. The molecule has 2 N–H and O–H groups in total. The fourth-order valence-electron chi connectivity index (χ4n) is 5.03. The molecule has 0 saturated carbocycles. The Hall–Kier alpha value is -4.13. The molecule has 2 heterocycles. The van der Waals surface area contributed by atoms with E-state index in [4.69, 9.17) is 4.98 Å². The molecule has 7 nitrogen and oxygen atoms in total. The zero-order valence-corrected chi connectivity index (χ0v) is 21.6. The zero-order chi connectivity index (χ0) is 25.9. The summed E-state index contributed by atoms with van der Waals surface area (Å²) in [7, 11) is 0. The molecule has 1 saturated heterocycles. The Morgan fingerprint density at radius 2 is 1.59 bits per heavy atom. The SMILES string of the molecule is CC(=O)Nc1ccc(NC(=O)C2CCN(c3nc4ccccc4n3Cc3cc(C)ccc3C)CC2)cc1. The van der Waals surface area contributed by atoms with Crippen LogP contribution in [0.25, 0.3) is 11.0 Å². The molecule has 5 rings (SSSR count). The van der Waals surface area contributed by atoms with Crippen molar-refractivity contribution in [2.24, 2.45) is 5.92 Å². The number of hydrogen-bond donors (Lipinski definition) is 2. The van der Waals surface area contributed by atoms with Gasteiger partial charge in [-0.3, -0.25) is 9.59 Å². The minimum Gasteiger partial charge on any atom is -0.342 e. The van der Waals surface area contributed by atoms with E-state index in [-0.39, 0.29) is 17.7 Å². The van der Waals surface area contributed by atoms with Gasteiger partial charge >= 0.3 is 0 Å². The molecule has 0 atom stereocenters. The number of aromatic nitrogens is 2. The number of para-hydroxylation sites is 2. The second-order valence-corrected chi connectivity index (χ2v) is 9.93. The minimum atomic E-state index is -0.119. The third kappa shape index (κ3) is 5.50. The van der Waals surface area contributed by atoms with Gasteiger partial charge in [0.15, 0.2) is 0 Å². The summed E-state index contributed by atoms with van der Waals surface area (Å²) in [4.78, 5) is 31.5. The Bertz CT molecular complexity index is 1430. The molecule has 37 heavy (non-hydrogen) atoms. The quantitative estimate of drug-likeness (QED) is 0.369. The van der Waals surface area contributed by atoms with Crippen LogP contribution in [0.4, 0.5) is 17.3 Å². The number of anilines is 3. The van der Waals surface area contributed by atoms with Gasteiger partial charge in [0, 0.05) is 37.3 Å². The highest BCUT2D eigenvalue weighted by Gasteiger charge is 2.28. The predicted molar refractivity (Wildman–Crippen MR) is 149 cm³/mol. The largest absolute Gasteiger partial charge is 0.342 e. The lowest BCUT2D eigenvalue weighted by Gasteiger charge is -2.32. The van der Waals surface area contributed by atoms with Crippen LogP contribution in [0.3, 0.4) is 0 Å². The van der Waals surface area contributed by atoms with Crippen LogP contribution in [0.2, 0.25) is 0 Å². The van der Waals surface area contributed by atoms with Gasteiger partial charge in [-0.25, -0.2) is 4.98 Å². The molecule has 0 unspecified atom stereocenters. The third-order valence-electron chi connectivity index (χ3n) is 7.09. The fraction of sp³-hybridized carbons (Fsp3) is 0.300. The number of imidazole rings is 1. The monoisotopic (exact) mass is 495 g/mol. The van der Waals surface area contributed by atoms with Crippen LogP contribution < -0.4 is 15.5 Å². The van der Waals surface area contributed by atoms with Crippen molar-refractivity contribution < 1.29 is 9.59 Å². The van der Waals surface area contributed by atoms with E-state index in [2.05, 4.69) is 70.3 Å². The van der Waals surface area contributed by atoms with E-state index < -0.39 is 0 Å². The van der Waals surface area contributed by atoms with E-state index in [1.54, 1.807) is 12.1 Å². The van der Waals surface area contributed by atoms with E-state index in [1.165, 1.54) is 23.6 Å². The van der Waals surface area contributed by atoms with E-state index in [9.17, 15) is 9.59 Å². The Morgan fingerprint density at radius 1 is 0.919 bits per heavy atom. The summed E-state index contributed by atoms with van der Waals surface area (Å²) in [6.45, 7) is 8.07. The Labute approximate surface area is 217 Å². The molecule has 1 aliphatic rings. The van der Waals surface area contributed by atoms with Crippen molar-refractivity contribution in [3.63, 3.8) is 0 Å². The summed E-state index contributed by atoms with van der Waals surface area (Å²) in [6, 6.07) is 22.1.